The molecule has 3 amide bonds. The number of hydrogen-bond acceptors (Lipinski definition) is 10. The minimum atomic E-state index is -0.912. The molecule has 322 valence electrons. The second-order valence-corrected chi connectivity index (χ2v) is 18.5. The Hall–Kier alpha value is -3.75. The van der Waals surface area contributed by atoms with Crippen molar-refractivity contribution in [3.63, 3.8) is 0 Å². The highest BCUT2D eigenvalue weighted by atomic mass is 16.7. The lowest BCUT2D eigenvalue weighted by molar-refractivity contribution is -0.177. The Morgan fingerprint density at radius 2 is 1.81 bits per heavy atom. The molecule has 1 saturated heterocycles. The Kier molecular flexibility index (Phi) is 14.9. The summed E-state index contributed by atoms with van der Waals surface area (Å²) in [7, 11) is 7.47. The topological polar surface area (TPSA) is 156 Å². The molecular formula is C45H70N6O7. The van der Waals surface area contributed by atoms with Gasteiger partial charge >= 0.3 is 0 Å². The van der Waals surface area contributed by atoms with Gasteiger partial charge in [0.25, 0.3) is 5.91 Å². The highest BCUT2D eigenvalue weighted by Gasteiger charge is 2.57. The minimum Gasteiger partial charge on any atom is -0.496 e. The van der Waals surface area contributed by atoms with Gasteiger partial charge in [0.05, 0.1) is 26.4 Å². The lowest BCUT2D eigenvalue weighted by Crippen LogP contribution is -2.62. The Bertz CT molecular complexity index is 1740. The number of aliphatic hydroxyl groups is 2. The Labute approximate surface area is 346 Å². The maximum Gasteiger partial charge on any atom is 0.251 e. The van der Waals surface area contributed by atoms with E-state index in [9.17, 15) is 24.6 Å². The van der Waals surface area contributed by atoms with Gasteiger partial charge in [-0.15, -0.1) is 0 Å². The number of ether oxygens (including phenoxy) is 1. The van der Waals surface area contributed by atoms with Gasteiger partial charge in [0, 0.05) is 74.0 Å². The van der Waals surface area contributed by atoms with Crippen LogP contribution in [0, 0.1) is 35.0 Å². The first-order valence-electron chi connectivity index (χ1n) is 21.1. The zero-order chi connectivity index (χ0) is 42.6. The van der Waals surface area contributed by atoms with Gasteiger partial charge in [-0.2, -0.15) is 5.06 Å². The number of nitrogens with zero attached hydrogens (tertiary/aromatic N) is 3. The molecule has 1 heterocycles. The molecule has 13 heteroatoms. The number of methoxy groups -OCH3 is 1. The molecule has 6 rings (SSSR count). The Morgan fingerprint density at radius 1 is 1.09 bits per heavy atom. The first-order chi connectivity index (χ1) is 27.4. The second kappa shape index (κ2) is 19.1. The molecule has 2 aromatic rings. The summed E-state index contributed by atoms with van der Waals surface area (Å²) in [6.45, 7) is 15.6. The fourth-order valence-electron chi connectivity index (χ4n) is 9.95. The van der Waals surface area contributed by atoms with Crippen molar-refractivity contribution in [3.8, 4) is 16.9 Å². The number of likely N-dealkylation sites (N-methyl/N-ethyl adjacent to an activating group) is 2. The summed E-state index contributed by atoms with van der Waals surface area (Å²) in [5, 5.41) is 32.1. The van der Waals surface area contributed by atoms with Crippen molar-refractivity contribution in [1.82, 2.24) is 25.9 Å². The van der Waals surface area contributed by atoms with Crippen molar-refractivity contribution in [2.75, 3.05) is 59.4 Å². The largest absolute Gasteiger partial charge is 0.496 e. The lowest BCUT2D eigenvalue weighted by atomic mass is 9.45. The van der Waals surface area contributed by atoms with Crippen LogP contribution in [0.3, 0.4) is 0 Å². The Balaban J connectivity index is 1.50. The molecule has 2 bridgehead atoms. The van der Waals surface area contributed by atoms with Gasteiger partial charge in [-0.1, -0.05) is 52.8 Å². The smallest absolute Gasteiger partial charge is 0.251 e. The van der Waals surface area contributed by atoms with Gasteiger partial charge in [0.15, 0.2) is 0 Å². The number of anilines is 1. The number of hydroxylamine groups is 2. The maximum absolute atomic E-state index is 14.5. The summed E-state index contributed by atoms with van der Waals surface area (Å²) in [5.41, 5.74) is 3.72. The summed E-state index contributed by atoms with van der Waals surface area (Å²) >= 11 is 0. The van der Waals surface area contributed by atoms with E-state index in [2.05, 4.69) is 55.5 Å². The van der Waals surface area contributed by atoms with E-state index in [0.717, 1.165) is 35.2 Å². The molecule has 2 aromatic carbocycles. The molecule has 1 aliphatic heterocycles. The number of nitrogens with one attached hydrogen (secondary N) is 3. The predicted octanol–water partition coefficient (Wildman–Crippen LogP) is 4.30. The number of fused-ring (bicyclic) bond motifs is 2. The average Bonchev–Trinajstić information content (AvgIpc) is 3.52. The van der Waals surface area contributed by atoms with Crippen molar-refractivity contribution in [1.29, 1.82) is 0 Å². The van der Waals surface area contributed by atoms with Crippen LogP contribution < -0.4 is 25.6 Å². The zero-order valence-corrected chi connectivity index (χ0v) is 36.7. The molecule has 4 fully saturated rings. The van der Waals surface area contributed by atoms with Crippen molar-refractivity contribution < 1.29 is 34.2 Å². The summed E-state index contributed by atoms with van der Waals surface area (Å²) < 4.78 is 6.14. The Morgan fingerprint density at radius 3 is 2.40 bits per heavy atom. The number of para-hydroxylation sites is 1. The number of rotatable bonds is 18. The fraction of sp³-hybridized carbons (Fsp3) is 0.667. The van der Waals surface area contributed by atoms with E-state index in [0.29, 0.717) is 48.1 Å². The molecule has 4 aliphatic rings. The van der Waals surface area contributed by atoms with Gasteiger partial charge in [0.2, 0.25) is 11.8 Å². The van der Waals surface area contributed by atoms with E-state index in [1.807, 2.05) is 62.4 Å². The summed E-state index contributed by atoms with van der Waals surface area (Å²) in [6, 6.07) is 10.6. The van der Waals surface area contributed by atoms with E-state index < -0.39 is 24.2 Å². The lowest BCUT2D eigenvalue weighted by Gasteiger charge is -2.62. The van der Waals surface area contributed by atoms with Crippen molar-refractivity contribution in [2.45, 2.75) is 105 Å². The summed E-state index contributed by atoms with van der Waals surface area (Å²) in [6.07, 6.45) is 1.36. The average molecular weight is 807 g/mol. The highest BCUT2D eigenvalue weighted by molar-refractivity contribution is 5.97. The molecular weight excluding hydrogens is 737 g/mol. The molecule has 0 unspecified atom stereocenters. The van der Waals surface area contributed by atoms with Crippen molar-refractivity contribution in [2.24, 2.45) is 35.0 Å². The third-order valence-electron chi connectivity index (χ3n) is 13.1. The number of carbonyl (C=O) groups excluding carboxylic acids is 3. The fourth-order valence-corrected chi connectivity index (χ4v) is 9.95. The van der Waals surface area contributed by atoms with Gasteiger partial charge in [-0.3, -0.25) is 19.2 Å². The third kappa shape index (κ3) is 10.2. The zero-order valence-electron chi connectivity index (χ0n) is 36.7. The van der Waals surface area contributed by atoms with Gasteiger partial charge < -0.3 is 40.7 Å². The van der Waals surface area contributed by atoms with Crippen molar-refractivity contribution >= 4 is 23.4 Å². The van der Waals surface area contributed by atoms with Crippen molar-refractivity contribution in [3.05, 3.63) is 47.5 Å². The van der Waals surface area contributed by atoms with E-state index in [-0.39, 0.29) is 54.9 Å². The maximum atomic E-state index is 14.5. The molecule has 0 radical (unpaired) electrons. The standard InChI is InChI=1S/C45H70N6O7/c1-26(2)17-34(25-49(8)9)47-43(55)32-18-31(19-35(20-32)50(10)15-16-52)36-14-12-13-30(42(36)57-11)24-51-41(40(28(4)53)39(58-51)23-46-29(5)54)44(56)48-38-22-33-21-37(27(38)3)45(33,6)7/h12-14,18-20,26-28,33-34,37-41,52-53H,15-17,21-25H2,1-11H3,(H,46,54)(H,47,55)(H,48,56)/t27-,28-,33+,34-,37-,38-,39-,40+,41-/m0/s1. The van der Waals surface area contributed by atoms with Crippen LogP contribution in [0.4, 0.5) is 5.69 Å². The highest BCUT2D eigenvalue weighted by Crippen LogP contribution is 2.61. The summed E-state index contributed by atoms with van der Waals surface area (Å²) in [4.78, 5) is 51.0. The van der Waals surface area contributed by atoms with Crippen LogP contribution in [-0.4, -0.2) is 123 Å². The SMILES string of the molecule is COc1c(CN2O[C@@H](CNC(C)=O)[C@@H]([C@H](C)O)[C@H]2C(=O)N[C@H]2C[C@H]3C[C@@H]([C@@H]2C)C3(C)C)cccc1-c1cc(C(=O)N[C@@H](CC(C)C)CN(C)C)cc(N(C)CCO)c1. The molecule has 3 aliphatic carbocycles. The van der Waals surface area contributed by atoms with Gasteiger partial charge in [-0.05, 0) is 93.1 Å². The van der Waals surface area contributed by atoms with Gasteiger partial charge in [-0.25, -0.2) is 0 Å². The number of aliphatic hydroxyl groups excluding tert-OH is 2. The first kappa shape index (κ1) is 45.3. The molecule has 5 N–H and O–H groups in total. The van der Waals surface area contributed by atoms with Gasteiger partial charge in [0.1, 0.15) is 17.9 Å². The number of hydrogen-bond donors (Lipinski definition) is 5. The molecule has 58 heavy (non-hydrogen) atoms. The number of amides is 3. The summed E-state index contributed by atoms with van der Waals surface area (Å²) in [5.74, 6) is 1.09. The molecule has 0 aromatic heterocycles. The molecule has 9 atom stereocenters. The van der Waals surface area contributed by atoms with Crippen LogP contribution in [0.15, 0.2) is 36.4 Å². The van der Waals surface area contributed by atoms with Crippen LogP contribution in [0.2, 0.25) is 0 Å². The molecule has 13 nitrogen and oxygen atoms in total. The van der Waals surface area contributed by atoms with Crippen LogP contribution in [0.1, 0.15) is 83.7 Å². The van der Waals surface area contributed by atoms with E-state index in [4.69, 9.17) is 9.57 Å². The molecule has 3 saturated carbocycles. The van der Waals surface area contributed by atoms with Crippen LogP contribution in [0.25, 0.3) is 11.1 Å². The normalized spacial score (nSPS) is 26.2. The monoisotopic (exact) mass is 807 g/mol. The first-order valence-corrected chi connectivity index (χ1v) is 21.1. The van der Waals surface area contributed by atoms with Crippen LogP contribution in [0.5, 0.6) is 5.75 Å². The predicted molar refractivity (Wildman–Crippen MR) is 227 cm³/mol. The van der Waals surface area contributed by atoms with E-state index in [1.54, 1.807) is 19.1 Å². The van der Waals surface area contributed by atoms with E-state index in [1.165, 1.54) is 13.3 Å². The third-order valence-corrected chi connectivity index (χ3v) is 13.1. The second-order valence-electron chi connectivity index (χ2n) is 18.5. The van der Waals surface area contributed by atoms with E-state index >= 15 is 0 Å². The number of benzene rings is 2. The number of carbonyl (C=O) groups is 3. The quantitative estimate of drug-likeness (QED) is 0.147. The minimum absolute atomic E-state index is 0.0132. The van der Waals surface area contributed by atoms with Crippen LogP contribution in [-0.2, 0) is 21.0 Å². The van der Waals surface area contributed by atoms with Crippen LogP contribution >= 0.6 is 0 Å². The molecule has 0 spiro atoms.